The highest BCUT2D eigenvalue weighted by Gasteiger charge is 2.19. The Kier molecular flexibility index (Phi) is 5.65. The summed E-state index contributed by atoms with van der Waals surface area (Å²) in [5.74, 6) is -1.06. The Bertz CT molecular complexity index is 559. The SMILES string of the molecule is COC(=O)CCCN(C)c1ccc(C(N)=O)cc1[N+](=O)[O-]. The van der Waals surface area contributed by atoms with Crippen molar-refractivity contribution >= 4 is 23.3 Å². The number of primary amides is 1. The summed E-state index contributed by atoms with van der Waals surface area (Å²) in [6.07, 6.45) is 0.728. The number of carbonyl (C=O) groups is 2. The Morgan fingerprint density at radius 3 is 2.62 bits per heavy atom. The van der Waals surface area contributed by atoms with Crippen molar-refractivity contribution < 1.29 is 19.2 Å². The third kappa shape index (κ3) is 4.44. The molecule has 1 rings (SSSR count). The van der Waals surface area contributed by atoms with Crippen LogP contribution in [0.4, 0.5) is 11.4 Å². The Morgan fingerprint density at radius 2 is 2.10 bits per heavy atom. The number of ether oxygens (including phenoxy) is 1. The number of anilines is 1. The molecule has 0 aliphatic heterocycles. The molecule has 1 amide bonds. The van der Waals surface area contributed by atoms with Crippen LogP contribution in [-0.4, -0.2) is 37.5 Å². The van der Waals surface area contributed by atoms with E-state index in [9.17, 15) is 19.7 Å². The van der Waals surface area contributed by atoms with Gasteiger partial charge in [0, 0.05) is 31.6 Å². The van der Waals surface area contributed by atoms with Crippen LogP contribution in [-0.2, 0) is 9.53 Å². The molecule has 8 nitrogen and oxygen atoms in total. The molecule has 0 aliphatic rings. The predicted molar refractivity (Wildman–Crippen MR) is 76.1 cm³/mol. The number of nitro benzene ring substituents is 1. The number of esters is 1. The Labute approximate surface area is 121 Å². The summed E-state index contributed by atoms with van der Waals surface area (Å²) in [6, 6.07) is 4.05. The van der Waals surface area contributed by atoms with Gasteiger partial charge in [0.25, 0.3) is 5.69 Å². The number of methoxy groups -OCH3 is 1. The van der Waals surface area contributed by atoms with Crippen LogP contribution < -0.4 is 10.6 Å². The molecule has 0 saturated carbocycles. The first-order valence-electron chi connectivity index (χ1n) is 6.23. The number of benzene rings is 1. The van der Waals surface area contributed by atoms with Gasteiger partial charge >= 0.3 is 5.97 Å². The average molecular weight is 295 g/mol. The molecule has 0 heterocycles. The van der Waals surface area contributed by atoms with Crippen molar-refractivity contribution in [1.29, 1.82) is 0 Å². The van der Waals surface area contributed by atoms with Crippen molar-refractivity contribution in [2.45, 2.75) is 12.8 Å². The molecule has 21 heavy (non-hydrogen) atoms. The molecule has 2 N–H and O–H groups in total. The number of nitro groups is 1. The molecule has 1 aromatic carbocycles. The molecule has 0 radical (unpaired) electrons. The number of amides is 1. The zero-order valence-electron chi connectivity index (χ0n) is 11.9. The van der Waals surface area contributed by atoms with Gasteiger partial charge in [-0.15, -0.1) is 0 Å². The van der Waals surface area contributed by atoms with Gasteiger partial charge in [0.15, 0.2) is 0 Å². The van der Waals surface area contributed by atoms with Crippen LogP contribution in [0.2, 0.25) is 0 Å². The van der Waals surface area contributed by atoms with Crippen LogP contribution in [0.3, 0.4) is 0 Å². The average Bonchev–Trinajstić information content (AvgIpc) is 2.45. The van der Waals surface area contributed by atoms with Crippen molar-refractivity contribution in [3.8, 4) is 0 Å². The van der Waals surface area contributed by atoms with Crippen molar-refractivity contribution in [3.63, 3.8) is 0 Å². The molecule has 8 heteroatoms. The highest BCUT2D eigenvalue weighted by Crippen LogP contribution is 2.28. The van der Waals surface area contributed by atoms with E-state index in [0.29, 0.717) is 18.7 Å². The smallest absolute Gasteiger partial charge is 0.305 e. The molecule has 0 fully saturated rings. The normalized spacial score (nSPS) is 10.0. The van der Waals surface area contributed by atoms with Gasteiger partial charge in [0.1, 0.15) is 5.69 Å². The number of hydrogen-bond donors (Lipinski definition) is 1. The zero-order chi connectivity index (χ0) is 16.0. The van der Waals surface area contributed by atoms with Gasteiger partial charge in [-0.3, -0.25) is 19.7 Å². The highest BCUT2D eigenvalue weighted by molar-refractivity contribution is 5.94. The van der Waals surface area contributed by atoms with Gasteiger partial charge in [0.05, 0.1) is 12.0 Å². The molecule has 0 unspecified atom stereocenters. The first-order chi connectivity index (χ1) is 9.86. The van der Waals surface area contributed by atoms with Gasteiger partial charge in [0.2, 0.25) is 5.91 Å². The molecular formula is C13H17N3O5. The van der Waals surface area contributed by atoms with E-state index in [1.165, 1.54) is 19.2 Å². The summed E-state index contributed by atoms with van der Waals surface area (Å²) in [5, 5.41) is 11.1. The molecule has 114 valence electrons. The van der Waals surface area contributed by atoms with Crippen molar-refractivity contribution in [2.24, 2.45) is 5.73 Å². The quantitative estimate of drug-likeness (QED) is 0.457. The van der Waals surface area contributed by atoms with Gasteiger partial charge in [-0.05, 0) is 18.6 Å². The third-order valence-corrected chi connectivity index (χ3v) is 2.97. The lowest BCUT2D eigenvalue weighted by molar-refractivity contribution is -0.384. The lowest BCUT2D eigenvalue weighted by atomic mass is 10.1. The summed E-state index contributed by atoms with van der Waals surface area (Å²) in [7, 11) is 2.98. The van der Waals surface area contributed by atoms with Gasteiger partial charge in [-0.2, -0.15) is 0 Å². The summed E-state index contributed by atoms with van der Waals surface area (Å²) in [5.41, 5.74) is 5.34. The lowest BCUT2D eigenvalue weighted by Gasteiger charge is -2.19. The number of carbonyl (C=O) groups excluding carboxylic acids is 2. The predicted octanol–water partition coefficient (Wildman–Crippen LogP) is 1.08. The first-order valence-corrected chi connectivity index (χ1v) is 6.23. The second-order valence-electron chi connectivity index (χ2n) is 4.43. The number of nitrogens with zero attached hydrogens (tertiary/aromatic N) is 2. The standard InChI is InChI=1S/C13H17N3O5/c1-15(7-3-4-12(17)21-2)10-6-5-9(13(14)18)8-11(10)16(19)20/h5-6,8H,3-4,7H2,1-2H3,(H2,14,18). The molecule has 0 aromatic heterocycles. The van der Waals surface area contributed by atoms with Crippen molar-refractivity contribution in [2.75, 3.05) is 25.6 Å². The van der Waals surface area contributed by atoms with E-state index in [1.54, 1.807) is 11.9 Å². The van der Waals surface area contributed by atoms with E-state index in [4.69, 9.17) is 5.73 Å². The molecule has 0 spiro atoms. The van der Waals surface area contributed by atoms with Crippen LogP contribution in [0.5, 0.6) is 0 Å². The zero-order valence-corrected chi connectivity index (χ0v) is 11.9. The minimum Gasteiger partial charge on any atom is -0.469 e. The Balaban J connectivity index is 2.88. The second kappa shape index (κ2) is 7.22. The van der Waals surface area contributed by atoms with E-state index in [1.807, 2.05) is 0 Å². The third-order valence-electron chi connectivity index (χ3n) is 2.97. The van der Waals surface area contributed by atoms with Crippen LogP contribution in [0, 0.1) is 10.1 Å². The maximum Gasteiger partial charge on any atom is 0.305 e. The summed E-state index contributed by atoms with van der Waals surface area (Å²) >= 11 is 0. The maximum absolute atomic E-state index is 11.1. The minimum atomic E-state index is -0.724. The van der Waals surface area contributed by atoms with Gasteiger partial charge in [-0.25, -0.2) is 0 Å². The molecule has 0 atom stereocenters. The number of nitrogens with two attached hydrogens (primary N) is 1. The van der Waals surface area contributed by atoms with Crippen LogP contribution >= 0.6 is 0 Å². The lowest BCUT2D eigenvalue weighted by Crippen LogP contribution is -2.21. The van der Waals surface area contributed by atoms with Gasteiger partial charge < -0.3 is 15.4 Å². The Morgan fingerprint density at radius 1 is 1.43 bits per heavy atom. The van der Waals surface area contributed by atoms with Crippen molar-refractivity contribution in [3.05, 3.63) is 33.9 Å². The Hall–Kier alpha value is -2.64. The summed E-state index contributed by atoms with van der Waals surface area (Å²) < 4.78 is 4.52. The number of hydrogen-bond acceptors (Lipinski definition) is 6. The molecule has 0 aliphatic carbocycles. The minimum absolute atomic E-state index is 0.0772. The monoisotopic (exact) mass is 295 g/mol. The summed E-state index contributed by atoms with van der Waals surface area (Å²) in [4.78, 5) is 34.3. The number of rotatable bonds is 7. The van der Waals surface area contributed by atoms with Crippen LogP contribution in [0.1, 0.15) is 23.2 Å². The fraction of sp³-hybridized carbons (Fsp3) is 0.385. The fourth-order valence-corrected chi connectivity index (χ4v) is 1.83. The highest BCUT2D eigenvalue weighted by atomic mass is 16.6. The van der Waals surface area contributed by atoms with Crippen LogP contribution in [0.25, 0.3) is 0 Å². The summed E-state index contributed by atoms with van der Waals surface area (Å²) in [6.45, 7) is 0.436. The second-order valence-corrected chi connectivity index (χ2v) is 4.43. The van der Waals surface area contributed by atoms with E-state index in [0.717, 1.165) is 6.07 Å². The first kappa shape index (κ1) is 16.4. The van der Waals surface area contributed by atoms with Gasteiger partial charge in [-0.1, -0.05) is 0 Å². The molecular weight excluding hydrogens is 278 g/mol. The topological polar surface area (TPSA) is 116 Å². The van der Waals surface area contributed by atoms with E-state index in [2.05, 4.69) is 4.74 Å². The van der Waals surface area contributed by atoms with E-state index < -0.39 is 10.8 Å². The molecule has 0 saturated heterocycles. The van der Waals surface area contributed by atoms with Crippen molar-refractivity contribution in [1.82, 2.24) is 0 Å². The van der Waals surface area contributed by atoms with Crippen LogP contribution in [0.15, 0.2) is 18.2 Å². The van der Waals surface area contributed by atoms with E-state index >= 15 is 0 Å². The molecule has 0 bridgehead atoms. The molecule has 1 aromatic rings. The fourth-order valence-electron chi connectivity index (χ4n) is 1.83. The maximum atomic E-state index is 11.1. The largest absolute Gasteiger partial charge is 0.469 e. The van der Waals surface area contributed by atoms with E-state index in [-0.39, 0.29) is 23.6 Å².